The minimum absolute atomic E-state index is 0.239. The van der Waals surface area contributed by atoms with Gasteiger partial charge in [0, 0.05) is 21.3 Å². The van der Waals surface area contributed by atoms with Crippen LogP contribution in [0.15, 0.2) is 40.9 Å². The summed E-state index contributed by atoms with van der Waals surface area (Å²) in [5.41, 5.74) is -0.778. The minimum atomic E-state index is -1.91. The molecule has 0 radical (unpaired) electrons. The molecule has 0 fully saturated rings. The van der Waals surface area contributed by atoms with Crippen LogP contribution in [0.4, 0.5) is 5.69 Å². The number of aliphatic hydroxyl groups is 1. The second-order valence-corrected chi connectivity index (χ2v) is 6.96. The molecule has 7 heteroatoms. The molecule has 1 heterocycles. The predicted molar refractivity (Wildman–Crippen MR) is 92.1 cm³/mol. The summed E-state index contributed by atoms with van der Waals surface area (Å²) >= 11 is 15.0. The molecule has 3 rings (SSSR count). The number of hydrogen-bond acceptors (Lipinski definition) is 3. The SMILES string of the molecule is O=C(CC1(O)C(=O)Nc2ccc(Br)cc21)c1ccc(Cl)c(Cl)c1. The maximum Gasteiger partial charge on any atom is 0.261 e. The number of hydrogen-bond donors (Lipinski definition) is 2. The number of nitrogens with one attached hydrogen (secondary N) is 1. The van der Waals surface area contributed by atoms with Crippen molar-refractivity contribution in [2.24, 2.45) is 0 Å². The maximum absolute atomic E-state index is 12.5. The lowest BCUT2D eigenvalue weighted by molar-refractivity contribution is -0.133. The standard InChI is InChI=1S/C16H10BrCl2NO3/c17-9-2-4-13-10(6-9)16(23,15(22)20-13)7-14(21)8-1-3-11(18)12(19)5-8/h1-6,23H,7H2,(H,20,22). The first kappa shape index (κ1) is 16.5. The van der Waals surface area contributed by atoms with Crippen molar-refractivity contribution in [3.05, 3.63) is 62.0 Å². The Morgan fingerprint density at radius 2 is 1.91 bits per heavy atom. The number of benzene rings is 2. The third-order valence-corrected chi connectivity index (χ3v) is 4.94. The highest BCUT2D eigenvalue weighted by Crippen LogP contribution is 2.40. The number of ketones is 1. The van der Waals surface area contributed by atoms with E-state index in [0.29, 0.717) is 20.7 Å². The van der Waals surface area contributed by atoms with Crippen molar-refractivity contribution in [1.82, 2.24) is 0 Å². The van der Waals surface area contributed by atoms with Gasteiger partial charge in [-0.05, 0) is 36.4 Å². The van der Waals surface area contributed by atoms with Crippen LogP contribution in [0, 0.1) is 0 Å². The van der Waals surface area contributed by atoms with Crippen LogP contribution in [0.1, 0.15) is 22.3 Å². The maximum atomic E-state index is 12.5. The van der Waals surface area contributed by atoms with Gasteiger partial charge < -0.3 is 10.4 Å². The van der Waals surface area contributed by atoms with E-state index < -0.39 is 17.3 Å². The Bertz CT molecular complexity index is 840. The molecular formula is C16H10BrCl2NO3. The molecule has 0 spiro atoms. The number of carbonyl (C=O) groups excluding carboxylic acids is 2. The largest absolute Gasteiger partial charge is 0.375 e. The zero-order valence-electron chi connectivity index (χ0n) is 11.6. The van der Waals surface area contributed by atoms with Crippen molar-refractivity contribution >= 4 is 56.5 Å². The van der Waals surface area contributed by atoms with Crippen molar-refractivity contribution in [2.45, 2.75) is 12.0 Å². The Balaban J connectivity index is 1.95. The van der Waals surface area contributed by atoms with E-state index in [0.717, 1.165) is 0 Å². The Hall–Kier alpha value is -1.40. The van der Waals surface area contributed by atoms with Gasteiger partial charge in [-0.15, -0.1) is 0 Å². The predicted octanol–water partition coefficient (Wildman–Crippen LogP) is 4.17. The first-order chi connectivity index (χ1) is 10.8. The van der Waals surface area contributed by atoms with Gasteiger partial charge in [0.2, 0.25) is 0 Å². The van der Waals surface area contributed by atoms with E-state index in [1.54, 1.807) is 18.2 Å². The lowest BCUT2D eigenvalue weighted by atomic mass is 9.88. The molecule has 23 heavy (non-hydrogen) atoms. The molecule has 4 nitrogen and oxygen atoms in total. The number of anilines is 1. The fourth-order valence-electron chi connectivity index (χ4n) is 2.50. The fourth-order valence-corrected chi connectivity index (χ4v) is 3.15. The van der Waals surface area contributed by atoms with Crippen molar-refractivity contribution in [3.8, 4) is 0 Å². The first-order valence-electron chi connectivity index (χ1n) is 6.63. The highest BCUT2D eigenvalue weighted by atomic mass is 79.9. The van der Waals surface area contributed by atoms with Crippen LogP contribution in [0.2, 0.25) is 10.0 Å². The molecule has 2 aromatic rings. The number of fused-ring (bicyclic) bond motifs is 1. The van der Waals surface area contributed by atoms with Gasteiger partial charge in [-0.1, -0.05) is 39.1 Å². The quantitative estimate of drug-likeness (QED) is 0.740. The van der Waals surface area contributed by atoms with Gasteiger partial charge >= 0.3 is 0 Å². The minimum Gasteiger partial charge on any atom is -0.375 e. The highest BCUT2D eigenvalue weighted by Gasteiger charge is 2.46. The monoisotopic (exact) mass is 413 g/mol. The molecule has 2 aromatic carbocycles. The summed E-state index contributed by atoms with van der Waals surface area (Å²) in [6.07, 6.45) is -0.389. The third kappa shape index (κ3) is 2.90. The van der Waals surface area contributed by atoms with Crippen LogP contribution in [-0.4, -0.2) is 16.8 Å². The summed E-state index contributed by atoms with van der Waals surface area (Å²) in [4.78, 5) is 24.6. The summed E-state index contributed by atoms with van der Waals surface area (Å²) < 4.78 is 0.702. The zero-order valence-corrected chi connectivity index (χ0v) is 14.7. The van der Waals surface area contributed by atoms with E-state index in [1.807, 2.05) is 0 Å². The summed E-state index contributed by atoms with van der Waals surface area (Å²) in [6.45, 7) is 0. The van der Waals surface area contributed by atoms with E-state index in [2.05, 4.69) is 21.2 Å². The molecule has 0 aromatic heterocycles. The molecular weight excluding hydrogens is 405 g/mol. The molecule has 1 amide bonds. The normalized spacial score (nSPS) is 19.4. The van der Waals surface area contributed by atoms with Crippen LogP contribution in [0.25, 0.3) is 0 Å². The fraction of sp³-hybridized carbons (Fsp3) is 0.125. The number of rotatable bonds is 3. The molecule has 1 atom stereocenters. The summed E-state index contributed by atoms with van der Waals surface area (Å²) in [6, 6.07) is 9.46. The van der Waals surface area contributed by atoms with Crippen molar-refractivity contribution in [3.63, 3.8) is 0 Å². The molecule has 0 saturated carbocycles. The molecule has 1 unspecified atom stereocenters. The second-order valence-electron chi connectivity index (χ2n) is 5.23. The van der Waals surface area contributed by atoms with Crippen LogP contribution in [-0.2, 0) is 10.4 Å². The molecule has 0 saturated heterocycles. The Kier molecular flexibility index (Phi) is 4.23. The van der Waals surface area contributed by atoms with Crippen LogP contribution in [0.3, 0.4) is 0 Å². The van der Waals surface area contributed by atoms with Gasteiger partial charge in [0.05, 0.1) is 16.5 Å². The van der Waals surface area contributed by atoms with E-state index in [-0.39, 0.29) is 17.0 Å². The molecule has 1 aliphatic heterocycles. The van der Waals surface area contributed by atoms with Gasteiger partial charge in [-0.2, -0.15) is 0 Å². The van der Waals surface area contributed by atoms with Crippen molar-refractivity contribution < 1.29 is 14.7 Å². The first-order valence-corrected chi connectivity index (χ1v) is 8.18. The van der Waals surface area contributed by atoms with Crippen molar-refractivity contribution in [1.29, 1.82) is 0 Å². The molecule has 2 N–H and O–H groups in total. The lowest BCUT2D eigenvalue weighted by Gasteiger charge is -2.20. The summed E-state index contributed by atoms with van der Waals surface area (Å²) in [5.74, 6) is -1.03. The Morgan fingerprint density at radius 3 is 2.61 bits per heavy atom. The van der Waals surface area contributed by atoms with Crippen LogP contribution >= 0.6 is 39.1 Å². The third-order valence-electron chi connectivity index (χ3n) is 3.71. The summed E-state index contributed by atoms with van der Waals surface area (Å²) in [7, 11) is 0. The van der Waals surface area contributed by atoms with Gasteiger partial charge in [0.15, 0.2) is 11.4 Å². The van der Waals surface area contributed by atoms with E-state index in [4.69, 9.17) is 23.2 Å². The Labute approximate surface area is 150 Å². The smallest absolute Gasteiger partial charge is 0.261 e. The van der Waals surface area contributed by atoms with Crippen LogP contribution < -0.4 is 5.32 Å². The highest BCUT2D eigenvalue weighted by molar-refractivity contribution is 9.10. The average molecular weight is 415 g/mol. The lowest BCUT2D eigenvalue weighted by Crippen LogP contribution is -2.36. The summed E-state index contributed by atoms with van der Waals surface area (Å²) in [5, 5.41) is 13.9. The number of amides is 1. The number of Topliss-reactive ketones (excluding diaryl/α,β-unsaturated/α-hetero) is 1. The van der Waals surface area contributed by atoms with Gasteiger partial charge in [-0.25, -0.2) is 0 Å². The van der Waals surface area contributed by atoms with E-state index in [1.165, 1.54) is 18.2 Å². The number of halogens is 3. The van der Waals surface area contributed by atoms with E-state index in [9.17, 15) is 14.7 Å². The number of carbonyl (C=O) groups is 2. The molecule has 0 bridgehead atoms. The van der Waals surface area contributed by atoms with Gasteiger partial charge in [0.25, 0.3) is 5.91 Å². The Morgan fingerprint density at radius 1 is 1.17 bits per heavy atom. The average Bonchev–Trinajstić information content (AvgIpc) is 2.73. The zero-order chi connectivity index (χ0) is 16.8. The van der Waals surface area contributed by atoms with Gasteiger partial charge in [0.1, 0.15) is 0 Å². The van der Waals surface area contributed by atoms with Crippen LogP contribution in [0.5, 0.6) is 0 Å². The second kappa shape index (κ2) is 5.91. The van der Waals surface area contributed by atoms with Gasteiger partial charge in [-0.3, -0.25) is 9.59 Å². The molecule has 118 valence electrons. The molecule has 0 aliphatic carbocycles. The van der Waals surface area contributed by atoms with Crippen molar-refractivity contribution in [2.75, 3.05) is 5.32 Å². The van der Waals surface area contributed by atoms with E-state index >= 15 is 0 Å². The molecule has 1 aliphatic rings. The topological polar surface area (TPSA) is 66.4 Å².